The molecule has 1 aliphatic rings. The minimum atomic E-state index is -4.27. The monoisotopic (exact) mass is 599 g/mol. The van der Waals surface area contributed by atoms with E-state index in [1.54, 1.807) is 19.2 Å². The van der Waals surface area contributed by atoms with Crippen LogP contribution >= 0.6 is 0 Å². The molecule has 0 radical (unpaired) electrons. The molecule has 11 nitrogen and oxygen atoms in total. The summed E-state index contributed by atoms with van der Waals surface area (Å²) in [5, 5.41) is 9.55. The number of para-hydroxylation sites is 2. The Hall–Kier alpha value is -3.61. The Morgan fingerprint density at radius 2 is 1.81 bits per heavy atom. The van der Waals surface area contributed by atoms with Gasteiger partial charge in [-0.2, -0.15) is 0 Å². The summed E-state index contributed by atoms with van der Waals surface area (Å²) in [4.78, 5) is 12.3. The van der Waals surface area contributed by atoms with Crippen LogP contribution in [0.5, 0.6) is 23.0 Å². The first kappa shape index (κ1) is 31.3. The van der Waals surface area contributed by atoms with Crippen LogP contribution in [-0.4, -0.2) is 81.9 Å². The molecule has 1 aliphatic heterocycles. The second kappa shape index (κ2) is 13.6. The highest BCUT2D eigenvalue weighted by Crippen LogP contribution is 2.50. The summed E-state index contributed by atoms with van der Waals surface area (Å²) in [6.45, 7) is 9.04. The standard InChI is InChI=1S/C30H41N5O6S/c1-30(2,3)22-20-23(35-15-8-14-34(4)16-17-35)29(42(37,38)33-26-12-13-31-21-32-26)28(40-19-9-18-36)27(22)41-25-11-7-6-10-24(25)39-5/h6-7,10-13,20-21,36H,8-9,14-19H2,1-5H3,(H,31,32,33). The van der Waals surface area contributed by atoms with Crippen molar-refractivity contribution in [1.82, 2.24) is 14.9 Å². The Bertz CT molecular complexity index is 1450. The smallest absolute Gasteiger partial charge is 0.268 e. The van der Waals surface area contributed by atoms with E-state index in [9.17, 15) is 13.5 Å². The lowest BCUT2D eigenvalue weighted by Gasteiger charge is -2.32. The molecule has 228 valence electrons. The van der Waals surface area contributed by atoms with E-state index in [-0.39, 0.29) is 35.4 Å². The number of sulfonamides is 1. The van der Waals surface area contributed by atoms with Crippen molar-refractivity contribution in [1.29, 1.82) is 0 Å². The number of nitrogens with zero attached hydrogens (tertiary/aromatic N) is 4. The number of ether oxygens (including phenoxy) is 3. The van der Waals surface area contributed by atoms with Crippen LogP contribution in [0.1, 0.15) is 39.2 Å². The van der Waals surface area contributed by atoms with Crippen molar-refractivity contribution >= 4 is 21.5 Å². The number of likely N-dealkylation sites (N-methyl/N-ethyl adjacent to an activating group) is 1. The van der Waals surface area contributed by atoms with E-state index >= 15 is 0 Å². The number of benzene rings is 2. The molecule has 0 saturated carbocycles. The van der Waals surface area contributed by atoms with Gasteiger partial charge in [0.1, 0.15) is 12.1 Å². The minimum Gasteiger partial charge on any atom is -0.493 e. The molecule has 1 saturated heterocycles. The van der Waals surface area contributed by atoms with E-state index in [0.29, 0.717) is 36.7 Å². The molecular formula is C30H41N5O6S. The number of anilines is 2. The number of aliphatic hydroxyl groups excluding tert-OH is 1. The Morgan fingerprint density at radius 3 is 2.48 bits per heavy atom. The number of nitrogens with one attached hydrogen (secondary N) is 1. The number of methoxy groups -OCH3 is 1. The maximum absolute atomic E-state index is 14.3. The van der Waals surface area contributed by atoms with Crippen LogP contribution in [0.25, 0.3) is 0 Å². The lowest BCUT2D eigenvalue weighted by molar-refractivity contribution is 0.225. The van der Waals surface area contributed by atoms with Crippen molar-refractivity contribution in [3.63, 3.8) is 0 Å². The van der Waals surface area contributed by atoms with Crippen molar-refractivity contribution in [3.8, 4) is 23.0 Å². The topological polar surface area (TPSA) is 126 Å². The molecule has 2 heterocycles. The molecule has 42 heavy (non-hydrogen) atoms. The minimum absolute atomic E-state index is 0.0542. The van der Waals surface area contributed by atoms with Crippen molar-refractivity contribution in [2.75, 3.05) is 63.2 Å². The van der Waals surface area contributed by atoms with Gasteiger partial charge in [0.05, 0.1) is 19.4 Å². The number of aromatic nitrogens is 2. The average molecular weight is 600 g/mol. The summed E-state index contributed by atoms with van der Waals surface area (Å²) in [7, 11) is -0.664. The van der Waals surface area contributed by atoms with E-state index in [1.165, 1.54) is 18.6 Å². The van der Waals surface area contributed by atoms with Crippen LogP contribution in [0, 0.1) is 0 Å². The van der Waals surface area contributed by atoms with Crippen LogP contribution in [0.2, 0.25) is 0 Å². The average Bonchev–Trinajstić information content (AvgIpc) is 3.17. The fraction of sp³-hybridized carbons (Fsp3) is 0.467. The van der Waals surface area contributed by atoms with Gasteiger partial charge in [-0.1, -0.05) is 32.9 Å². The molecule has 0 unspecified atom stereocenters. The predicted octanol–water partition coefficient (Wildman–Crippen LogP) is 4.28. The van der Waals surface area contributed by atoms with Gasteiger partial charge >= 0.3 is 0 Å². The zero-order chi connectivity index (χ0) is 30.3. The lowest BCUT2D eigenvalue weighted by Crippen LogP contribution is -2.31. The summed E-state index contributed by atoms with van der Waals surface area (Å²) in [5.41, 5.74) is 0.816. The van der Waals surface area contributed by atoms with E-state index in [1.807, 2.05) is 39.0 Å². The Balaban J connectivity index is 2.03. The zero-order valence-electron chi connectivity index (χ0n) is 25.0. The van der Waals surface area contributed by atoms with Crippen molar-refractivity contribution < 1.29 is 27.7 Å². The van der Waals surface area contributed by atoms with Crippen LogP contribution in [0.4, 0.5) is 11.5 Å². The second-order valence-electron chi connectivity index (χ2n) is 11.2. The highest BCUT2D eigenvalue weighted by molar-refractivity contribution is 7.93. The summed E-state index contributed by atoms with van der Waals surface area (Å²) in [5.74, 6) is 1.36. The predicted molar refractivity (Wildman–Crippen MR) is 163 cm³/mol. The molecule has 0 amide bonds. The largest absolute Gasteiger partial charge is 0.493 e. The van der Waals surface area contributed by atoms with E-state index < -0.39 is 15.4 Å². The van der Waals surface area contributed by atoms with Crippen LogP contribution < -0.4 is 23.8 Å². The van der Waals surface area contributed by atoms with Crippen LogP contribution in [-0.2, 0) is 15.4 Å². The first-order valence-electron chi connectivity index (χ1n) is 14.0. The van der Waals surface area contributed by atoms with Gasteiger partial charge in [0, 0.05) is 44.4 Å². The highest BCUT2D eigenvalue weighted by Gasteiger charge is 2.36. The summed E-state index contributed by atoms with van der Waals surface area (Å²) in [6.07, 6.45) is 3.91. The maximum Gasteiger partial charge on any atom is 0.268 e. The normalized spacial score (nSPS) is 14.8. The van der Waals surface area contributed by atoms with Crippen LogP contribution in [0.15, 0.2) is 53.8 Å². The SMILES string of the molecule is COc1ccccc1Oc1c(C(C)(C)C)cc(N2CCCN(C)CC2)c(S(=O)(=O)Nc2ccncn2)c1OCCCO. The second-order valence-corrected chi connectivity index (χ2v) is 12.8. The van der Waals surface area contributed by atoms with Gasteiger partial charge in [-0.05, 0) is 49.7 Å². The van der Waals surface area contributed by atoms with E-state index in [4.69, 9.17) is 14.2 Å². The highest BCUT2D eigenvalue weighted by atomic mass is 32.2. The van der Waals surface area contributed by atoms with E-state index in [2.05, 4.69) is 31.5 Å². The van der Waals surface area contributed by atoms with Gasteiger partial charge in [0.25, 0.3) is 10.0 Å². The molecule has 0 bridgehead atoms. The zero-order valence-corrected chi connectivity index (χ0v) is 25.8. The van der Waals surface area contributed by atoms with Gasteiger partial charge in [0.15, 0.2) is 27.9 Å². The fourth-order valence-corrected chi connectivity index (χ4v) is 6.13. The molecule has 1 aromatic heterocycles. The third kappa shape index (κ3) is 7.42. The Labute approximate surface area is 248 Å². The van der Waals surface area contributed by atoms with Gasteiger partial charge in [-0.3, -0.25) is 4.72 Å². The van der Waals surface area contributed by atoms with Crippen LogP contribution in [0.3, 0.4) is 0 Å². The number of aliphatic hydroxyl groups is 1. The quantitative estimate of drug-likeness (QED) is 0.309. The van der Waals surface area contributed by atoms with Crippen molar-refractivity contribution in [2.24, 2.45) is 0 Å². The molecule has 2 aromatic carbocycles. The number of rotatable bonds is 11. The number of hydrogen-bond acceptors (Lipinski definition) is 10. The third-order valence-corrected chi connectivity index (χ3v) is 8.37. The summed E-state index contributed by atoms with van der Waals surface area (Å²) >= 11 is 0. The van der Waals surface area contributed by atoms with Crippen molar-refractivity contribution in [3.05, 3.63) is 54.5 Å². The Morgan fingerprint density at radius 1 is 1.05 bits per heavy atom. The van der Waals surface area contributed by atoms with Gasteiger partial charge in [-0.15, -0.1) is 0 Å². The molecule has 0 spiro atoms. The lowest BCUT2D eigenvalue weighted by atomic mass is 9.85. The third-order valence-electron chi connectivity index (χ3n) is 6.96. The number of hydrogen-bond donors (Lipinski definition) is 2. The van der Waals surface area contributed by atoms with E-state index in [0.717, 1.165) is 25.1 Å². The molecule has 2 N–H and O–H groups in total. The molecule has 0 atom stereocenters. The molecule has 12 heteroatoms. The Kier molecular flexibility index (Phi) is 10.1. The van der Waals surface area contributed by atoms with Gasteiger partial charge in [-0.25, -0.2) is 18.4 Å². The van der Waals surface area contributed by atoms with Crippen molar-refractivity contribution in [2.45, 2.75) is 43.9 Å². The molecule has 3 aromatic rings. The fourth-order valence-electron chi connectivity index (χ4n) is 4.77. The first-order valence-corrected chi connectivity index (χ1v) is 15.5. The molecular weight excluding hydrogens is 558 g/mol. The molecule has 4 rings (SSSR count). The summed E-state index contributed by atoms with van der Waals surface area (Å²) in [6, 6.07) is 10.6. The van der Waals surface area contributed by atoms with Gasteiger partial charge in [0.2, 0.25) is 0 Å². The molecule has 1 fully saturated rings. The molecule has 0 aliphatic carbocycles. The van der Waals surface area contributed by atoms with Gasteiger partial charge < -0.3 is 29.1 Å². The summed E-state index contributed by atoms with van der Waals surface area (Å²) < 4.78 is 49.7. The first-order chi connectivity index (χ1) is 20.0. The maximum atomic E-state index is 14.3.